The largest absolute Gasteiger partial charge is 0.494 e. The maximum atomic E-state index is 14.5. The zero-order valence-corrected chi connectivity index (χ0v) is 21.7. The second kappa shape index (κ2) is 13.2. The molecule has 0 bridgehead atoms. The van der Waals surface area contributed by atoms with Gasteiger partial charge in [-0.3, -0.25) is 19.7 Å². The summed E-state index contributed by atoms with van der Waals surface area (Å²) in [4.78, 5) is 22.6. The number of ether oxygens (including phenoxy) is 2. The van der Waals surface area contributed by atoms with E-state index in [-0.39, 0.29) is 29.7 Å². The van der Waals surface area contributed by atoms with E-state index in [1.165, 1.54) is 25.4 Å². The monoisotopic (exact) mass is 576 g/mol. The van der Waals surface area contributed by atoms with Gasteiger partial charge in [0.15, 0.2) is 11.6 Å². The first kappa shape index (κ1) is 29.6. The van der Waals surface area contributed by atoms with Gasteiger partial charge in [-0.15, -0.1) is 0 Å². The van der Waals surface area contributed by atoms with Crippen molar-refractivity contribution in [2.75, 3.05) is 24.0 Å². The average Bonchev–Trinajstić information content (AvgIpc) is 2.88. The minimum atomic E-state index is -3.67. The quantitative estimate of drug-likeness (QED) is 0.143. The van der Waals surface area contributed by atoms with Gasteiger partial charge in [-0.2, -0.15) is 17.8 Å². The summed E-state index contributed by atoms with van der Waals surface area (Å²) in [5, 5.41) is 16.8. The summed E-state index contributed by atoms with van der Waals surface area (Å²) in [6.07, 6.45) is 3.76. The number of hydrogen-bond acceptors (Lipinski definition) is 11. The van der Waals surface area contributed by atoms with Crippen molar-refractivity contribution < 1.29 is 36.1 Å². The summed E-state index contributed by atoms with van der Waals surface area (Å²) in [6, 6.07) is 13.1. The molecule has 0 amide bonds. The molecule has 2 aromatic carbocycles. The first-order valence-electron chi connectivity index (χ1n) is 11.1. The zero-order chi connectivity index (χ0) is 29.3. The van der Waals surface area contributed by atoms with E-state index in [0.29, 0.717) is 23.5 Å². The number of anilines is 4. The Labute approximate surface area is 226 Å². The number of benzene rings is 2. The number of hydrogen-bond donors (Lipinski definition) is 3. The zero-order valence-electron chi connectivity index (χ0n) is 20.9. The Balaban J connectivity index is 0.000000810. The van der Waals surface area contributed by atoms with Gasteiger partial charge < -0.3 is 20.1 Å². The summed E-state index contributed by atoms with van der Waals surface area (Å²) in [6.45, 7) is 0.122. The Morgan fingerprint density at radius 3 is 2.38 bits per heavy atom. The third-order valence-corrected chi connectivity index (χ3v) is 4.67. The third-order valence-electron chi connectivity index (χ3n) is 4.67. The molecule has 2 aromatic heterocycles. The van der Waals surface area contributed by atoms with Crippen LogP contribution in [0.2, 0.25) is 0 Å². The van der Waals surface area contributed by atoms with E-state index in [1.54, 1.807) is 30.5 Å². The number of nitro benzene ring substituents is 1. The maximum Gasteiger partial charge on any atom is 0.307 e. The van der Waals surface area contributed by atoms with Crippen molar-refractivity contribution in [1.29, 1.82) is 0 Å². The Morgan fingerprint density at radius 2 is 1.75 bits per heavy atom. The van der Waals surface area contributed by atoms with Crippen LogP contribution in [0.15, 0.2) is 67.0 Å². The average molecular weight is 577 g/mol. The molecule has 40 heavy (non-hydrogen) atoms. The lowest BCUT2D eigenvalue weighted by Crippen LogP contribution is -2.04. The summed E-state index contributed by atoms with van der Waals surface area (Å²) < 4.78 is 64.8. The van der Waals surface area contributed by atoms with Crippen LogP contribution in [0.4, 0.5) is 37.6 Å². The van der Waals surface area contributed by atoms with Crippen LogP contribution in [0.1, 0.15) is 5.69 Å². The number of rotatable bonds is 9. The molecular weight excluding hydrogens is 554 g/mol. The molecule has 0 radical (unpaired) electrons. The Hall–Kier alpha value is -4.96. The number of nitro groups is 1. The molecular formula is C24H22F2N6O7S. The van der Waals surface area contributed by atoms with Gasteiger partial charge in [0.1, 0.15) is 18.2 Å². The Bertz CT molecular complexity index is 1590. The van der Waals surface area contributed by atoms with Crippen LogP contribution in [0.5, 0.6) is 11.5 Å². The molecule has 0 unspecified atom stereocenters. The number of pyridine rings is 1. The van der Waals surface area contributed by atoms with Crippen LogP contribution in [-0.2, 0) is 16.7 Å². The summed E-state index contributed by atoms with van der Waals surface area (Å²) in [5.41, 5.74) is 0.423. The van der Waals surface area contributed by atoms with Crippen LogP contribution in [0, 0.1) is 21.7 Å². The molecule has 0 spiro atoms. The van der Waals surface area contributed by atoms with Crippen LogP contribution in [0.3, 0.4) is 0 Å². The predicted molar refractivity (Wildman–Crippen MR) is 141 cm³/mol. The standard InChI is InChI=1S/C23H18F2N6O4.CH4O3S/c1-34-21-11-16(24)19(31(32)33)12-18(21)29-23-27-9-7-22(30-23)28-14-5-6-20(17(25)10-14)35-13-15-4-2-3-8-26-15;1-5(2,3)4/h2-12H,13H2,1H3,(H2,27,28,29,30);1H3,(H,2,3,4). The number of nitrogens with zero attached hydrogens (tertiary/aromatic N) is 4. The molecule has 0 atom stereocenters. The summed E-state index contributed by atoms with van der Waals surface area (Å²) >= 11 is 0. The number of aromatic nitrogens is 3. The summed E-state index contributed by atoms with van der Waals surface area (Å²) in [7, 11) is -2.37. The van der Waals surface area contributed by atoms with Gasteiger partial charge in [0, 0.05) is 36.3 Å². The third kappa shape index (κ3) is 9.10. The van der Waals surface area contributed by atoms with Crippen molar-refractivity contribution in [3.8, 4) is 11.5 Å². The lowest BCUT2D eigenvalue weighted by molar-refractivity contribution is -0.387. The van der Waals surface area contributed by atoms with E-state index in [4.69, 9.17) is 14.0 Å². The highest BCUT2D eigenvalue weighted by Gasteiger charge is 2.19. The lowest BCUT2D eigenvalue weighted by atomic mass is 10.2. The molecule has 210 valence electrons. The van der Waals surface area contributed by atoms with Crippen molar-refractivity contribution in [2.45, 2.75) is 6.61 Å². The molecule has 0 fully saturated rings. The fourth-order valence-electron chi connectivity index (χ4n) is 3.04. The van der Waals surface area contributed by atoms with Crippen molar-refractivity contribution >= 4 is 38.9 Å². The maximum absolute atomic E-state index is 14.5. The Morgan fingerprint density at radius 1 is 1.00 bits per heavy atom. The van der Waals surface area contributed by atoms with Gasteiger partial charge >= 0.3 is 5.69 Å². The molecule has 16 heteroatoms. The summed E-state index contributed by atoms with van der Waals surface area (Å²) in [5.74, 6) is -1.18. The van der Waals surface area contributed by atoms with E-state index >= 15 is 0 Å². The highest BCUT2D eigenvalue weighted by atomic mass is 32.2. The van der Waals surface area contributed by atoms with Crippen LogP contribution < -0.4 is 20.1 Å². The van der Waals surface area contributed by atoms with Gasteiger partial charge in [-0.05, 0) is 30.3 Å². The van der Waals surface area contributed by atoms with Crippen LogP contribution in [-0.4, -0.2) is 46.2 Å². The molecule has 4 rings (SSSR count). The molecule has 0 aliphatic rings. The molecule has 3 N–H and O–H groups in total. The minimum Gasteiger partial charge on any atom is -0.494 e. The van der Waals surface area contributed by atoms with Crippen LogP contribution in [0.25, 0.3) is 0 Å². The molecule has 0 aliphatic carbocycles. The van der Waals surface area contributed by atoms with E-state index < -0.39 is 32.4 Å². The molecule has 4 aromatic rings. The number of methoxy groups -OCH3 is 1. The van der Waals surface area contributed by atoms with E-state index in [0.717, 1.165) is 12.1 Å². The molecule has 0 saturated heterocycles. The normalized spacial score (nSPS) is 10.6. The van der Waals surface area contributed by atoms with Crippen molar-refractivity contribution in [1.82, 2.24) is 15.0 Å². The fourth-order valence-corrected chi connectivity index (χ4v) is 3.04. The topological polar surface area (TPSA) is 179 Å². The molecule has 0 saturated carbocycles. The van der Waals surface area contributed by atoms with Crippen molar-refractivity contribution in [3.63, 3.8) is 0 Å². The predicted octanol–water partition coefficient (Wildman–Crippen LogP) is 4.64. The van der Waals surface area contributed by atoms with E-state index in [1.807, 2.05) is 6.07 Å². The second-order valence-electron chi connectivity index (χ2n) is 7.76. The van der Waals surface area contributed by atoms with Gasteiger partial charge in [0.25, 0.3) is 10.1 Å². The Kier molecular flexibility index (Phi) is 9.77. The van der Waals surface area contributed by atoms with Gasteiger partial charge in [0.05, 0.1) is 29.7 Å². The molecule has 13 nitrogen and oxygen atoms in total. The fraction of sp³-hybridized carbons (Fsp3) is 0.125. The highest BCUT2D eigenvalue weighted by Crippen LogP contribution is 2.33. The first-order valence-corrected chi connectivity index (χ1v) is 12.9. The minimum absolute atomic E-state index is 0.0263. The van der Waals surface area contributed by atoms with Gasteiger partial charge in [-0.25, -0.2) is 9.37 Å². The lowest BCUT2D eigenvalue weighted by Gasteiger charge is -2.12. The van der Waals surface area contributed by atoms with E-state index in [2.05, 4.69) is 25.6 Å². The second-order valence-corrected chi connectivity index (χ2v) is 9.23. The molecule has 0 aliphatic heterocycles. The molecule has 2 heterocycles. The van der Waals surface area contributed by atoms with Gasteiger partial charge in [0.2, 0.25) is 11.8 Å². The van der Waals surface area contributed by atoms with Crippen LogP contribution >= 0.6 is 0 Å². The van der Waals surface area contributed by atoms with Crippen molar-refractivity contribution in [3.05, 3.63) is 94.4 Å². The number of halogens is 2. The smallest absolute Gasteiger partial charge is 0.307 e. The number of nitrogens with one attached hydrogen (secondary N) is 2. The highest BCUT2D eigenvalue weighted by molar-refractivity contribution is 7.85. The van der Waals surface area contributed by atoms with Gasteiger partial charge in [-0.1, -0.05) is 6.07 Å². The SMILES string of the molecule is COc1cc(F)c([N+](=O)[O-])cc1Nc1nccc(Nc2ccc(OCc3ccccn3)c(F)c2)n1.CS(=O)(=O)O. The first-order chi connectivity index (χ1) is 18.9. The van der Waals surface area contributed by atoms with E-state index in [9.17, 15) is 27.3 Å². The van der Waals surface area contributed by atoms with Crippen molar-refractivity contribution in [2.24, 2.45) is 0 Å².